The van der Waals surface area contributed by atoms with E-state index in [1.807, 2.05) is 18.2 Å². The number of fused-ring (bicyclic) bond motifs is 1. The van der Waals surface area contributed by atoms with Crippen LogP contribution in [0.2, 0.25) is 0 Å². The van der Waals surface area contributed by atoms with Gasteiger partial charge in [-0.15, -0.1) is 0 Å². The summed E-state index contributed by atoms with van der Waals surface area (Å²) in [5, 5.41) is 5.19. The molecule has 1 aromatic carbocycles. The molecule has 0 amide bonds. The summed E-state index contributed by atoms with van der Waals surface area (Å²) < 4.78 is 8.42. The highest BCUT2D eigenvalue weighted by Gasteiger charge is 2.14. The van der Waals surface area contributed by atoms with Crippen molar-refractivity contribution in [2.45, 2.75) is 13.8 Å². The zero-order chi connectivity index (χ0) is 12.0. The molecule has 86 valence electrons. The molecule has 3 nitrogen and oxygen atoms in total. The van der Waals surface area contributed by atoms with Gasteiger partial charge in [0.05, 0.1) is 9.86 Å². The number of hydrogen-bond acceptors (Lipinski definition) is 2. The average molecular weight is 291 g/mol. The molecule has 4 heteroatoms. The lowest BCUT2D eigenvalue weighted by molar-refractivity contribution is 0.450. The maximum atomic E-state index is 5.40. The standard InChI is InChI=1S/C13H11BrN2O/c1-8-6-7-9(2)16(8)13-10-4-3-5-11(14)12(10)17-15-13/h3-7H,1-2H3. The fraction of sp³-hybridized carbons (Fsp3) is 0.154. The van der Waals surface area contributed by atoms with Crippen molar-refractivity contribution < 1.29 is 4.52 Å². The van der Waals surface area contributed by atoms with Gasteiger partial charge in [0, 0.05) is 11.4 Å². The molecule has 0 aliphatic heterocycles. The second-order valence-corrected chi connectivity index (χ2v) is 4.93. The van der Waals surface area contributed by atoms with E-state index in [1.165, 1.54) is 0 Å². The van der Waals surface area contributed by atoms with Gasteiger partial charge in [-0.1, -0.05) is 11.2 Å². The first-order chi connectivity index (χ1) is 8.18. The molecule has 0 bridgehead atoms. The van der Waals surface area contributed by atoms with Crippen molar-refractivity contribution in [3.63, 3.8) is 0 Å². The Labute approximate surface area is 107 Å². The molecule has 0 atom stereocenters. The van der Waals surface area contributed by atoms with Crippen LogP contribution in [0.1, 0.15) is 11.4 Å². The number of nitrogens with zero attached hydrogens (tertiary/aromatic N) is 2. The number of halogens is 1. The van der Waals surface area contributed by atoms with Crippen molar-refractivity contribution in [1.82, 2.24) is 9.72 Å². The Morgan fingerprint density at radius 1 is 1.12 bits per heavy atom. The Morgan fingerprint density at radius 3 is 2.53 bits per heavy atom. The van der Waals surface area contributed by atoms with Gasteiger partial charge in [0.15, 0.2) is 11.4 Å². The van der Waals surface area contributed by atoms with Gasteiger partial charge in [-0.3, -0.25) is 4.57 Å². The fourth-order valence-corrected chi connectivity index (χ4v) is 2.52. The van der Waals surface area contributed by atoms with Crippen molar-refractivity contribution in [2.75, 3.05) is 0 Å². The quantitative estimate of drug-likeness (QED) is 0.678. The van der Waals surface area contributed by atoms with Crippen LogP contribution in [0.5, 0.6) is 0 Å². The van der Waals surface area contributed by atoms with Crippen LogP contribution in [-0.2, 0) is 0 Å². The van der Waals surface area contributed by atoms with Gasteiger partial charge in [0.2, 0.25) is 0 Å². The summed E-state index contributed by atoms with van der Waals surface area (Å²) in [5.41, 5.74) is 3.09. The minimum absolute atomic E-state index is 0.787. The smallest absolute Gasteiger partial charge is 0.188 e. The van der Waals surface area contributed by atoms with E-state index in [1.54, 1.807) is 0 Å². The summed E-state index contributed by atoms with van der Waals surface area (Å²) in [7, 11) is 0. The third-order valence-corrected chi connectivity index (χ3v) is 3.54. The summed E-state index contributed by atoms with van der Waals surface area (Å²) in [5.74, 6) is 0.848. The topological polar surface area (TPSA) is 31.0 Å². The number of benzene rings is 1. The highest BCUT2D eigenvalue weighted by atomic mass is 79.9. The molecule has 0 radical (unpaired) electrons. The van der Waals surface area contributed by atoms with Gasteiger partial charge in [-0.2, -0.15) is 0 Å². The molecule has 0 unspecified atom stereocenters. The summed E-state index contributed by atoms with van der Waals surface area (Å²) in [6.45, 7) is 4.12. The minimum atomic E-state index is 0.787. The third-order valence-electron chi connectivity index (χ3n) is 2.91. The number of para-hydroxylation sites is 1. The summed E-state index contributed by atoms with van der Waals surface area (Å²) in [6.07, 6.45) is 0. The van der Waals surface area contributed by atoms with Gasteiger partial charge in [0.1, 0.15) is 0 Å². The van der Waals surface area contributed by atoms with E-state index in [0.29, 0.717) is 0 Å². The molecule has 2 heterocycles. The number of hydrogen-bond donors (Lipinski definition) is 0. The van der Waals surface area contributed by atoms with E-state index < -0.39 is 0 Å². The minimum Gasteiger partial charge on any atom is -0.353 e. The maximum absolute atomic E-state index is 5.40. The summed E-state index contributed by atoms with van der Waals surface area (Å²) in [4.78, 5) is 0. The zero-order valence-corrected chi connectivity index (χ0v) is 11.2. The van der Waals surface area contributed by atoms with E-state index in [2.05, 4.69) is 51.6 Å². The normalized spacial score (nSPS) is 11.2. The van der Waals surface area contributed by atoms with Crippen LogP contribution in [0.15, 0.2) is 39.3 Å². The van der Waals surface area contributed by atoms with Crippen LogP contribution >= 0.6 is 15.9 Å². The SMILES string of the molecule is Cc1ccc(C)n1-c1noc2c(Br)cccc12. The van der Waals surface area contributed by atoms with Crippen LogP contribution in [0, 0.1) is 13.8 Å². The lowest BCUT2D eigenvalue weighted by Gasteiger charge is -2.04. The Kier molecular flexibility index (Phi) is 2.33. The van der Waals surface area contributed by atoms with Crippen molar-refractivity contribution in [3.05, 3.63) is 46.2 Å². The first kappa shape index (κ1) is 10.6. The first-order valence-corrected chi connectivity index (χ1v) is 6.17. The highest BCUT2D eigenvalue weighted by molar-refractivity contribution is 9.10. The third kappa shape index (κ3) is 1.52. The maximum Gasteiger partial charge on any atom is 0.188 e. The van der Waals surface area contributed by atoms with Gasteiger partial charge in [-0.05, 0) is 54.0 Å². The summed E-state index contributed by atoms with van der Waals surface area (Å²) >= 11 is 3.47. The van der Waals surface area contributed by atoms with Crippen LogP contribution < -0.4 is 0 Å². The van der Waals surface area contributed by atoms with Crippen molar-refractivity contribution in [2.24, 2.45) is 0 Å². The number of aromatic nitrogens is 2. The Morgan fingerprint density at radius 2 is 1.82 bits per heavy atom. The molecule has 17 heavy (non-hydrogen) atoms. The van der Waals surface area contributed by atoms with Crippen LogP contribution in [0.3, 0.4) is 0 Å². The lowest BCUT2D eigenvalue weighted by atomic mass is 10.2. The predicted molar refractivity (Wildman–Crippen MR) is 70.5 cm³/mol. The van der Waals surface area contributed by atoms with E-state index in [9.17, 15) is 0 Å². The number of rotatable bonds is 1. The molecule has 0 fully saturated rings. The van der Waals surface area contributed by atoms with Crippen LogP contribution in [0.25, 0.3) is 16.8 Å². The van der Waals surface area contributed by atoms with Gasteiger partial charge in [0.25, 0.3) is 0 Å². The van der Waals surface area contributed by atoms with Crippen LogP contribution in [0.4, 0.5) is 0 Å². The van der Waals surface area contributed by atoms with E-state index in [-0.39, 0.29) is 0 Å². The van der Waals surface area contributed by atoms with E-state index in [4.69, 9.17) is 4.52 Å². The molecule has 0 aliphatic rings. The second-order valence-electron chi connectivity index (χ2n) is 4.07. The van der Waals surface area contributed by atoms with Gasteiger partial charge >= 0.3 is 0 Å². The highest BCUT2D eigenvalue weighted by Crippen LogP contribution is 2.29. The molecule has 0 saturated carbocycles. The lowest BCUT2D eigenvalue weighted by Crippen LogP contribution is -1.99. The largest absolute Gasteiger partial charge is 0.353 e. The molecule has 3 aromatic rings. The summed E-state index contributed by atoms with van der Waals surface area (Å²) in [6, 6.07) is 10.1. The van der Waals surface area contributed by atoms with Crippen molar-refractivity contribution in [1.29, 1.82) is 0 Å². The predicted octanol–water partition coefficient (Wildman–Crippen LogP) is 4.00. The molecule has 0 aliphatic carbocycles. The molecule has 2 aromatic heterocycles. The average Bonchev–Trinajstić information content (AvgIpc) is 2.84. The van der Waals surface area contributed by atoms with Crippen molar-refractivity contribution in [3.8, 4) is 5.82 Å². The Balaban J connectivity index is 2.36. The Hall–Kier alpha value is -1.55. The van der Waals surface area contributed by atoms with E-state index in [0.717, 1.165) is 32.6 Å². The van der Waals surface area contributed by atoms with E-state index >= 15 is 0 Å². The molecule has 0 spiro atoms. The molecule has 0 saturated heterocycles. The van der Waals surface area contributed by atoms with Crippen LogP contribution in [-0.4, -0.2) is 9.72 Å². The zero-order valence-electron chi connectivity index (χ0n) is 9.57. The fourth-order valence-electron chi connectivity index (χ4n) is 2.08. The first-order valence-electron chi connectivity index (χ1n) is 5.37. The Bertz CT molecular complexity index is 677. The van der Waals surface area contributed by atoms with Gasteiger partial charge in [-0.25, -0.2) is 0 Å². The molecule has 0 N–H and O–H groups in total. The monoisotopic (exact) mass is 290 g/mol. The number of aryl methyl sites for hydroxylation is 2. The second kappa shape index (κ2) is 3.74. The van der Waals surface area contributed by atoms with Crippen molar-refractivity contribution >= 4 is 26.9 Å². The van der Waals surface area contributed by atoms with Gasteiger partial charge < -0.3 is 4.52 Å². The molecular weight excluding hydrogens is 280 g/mol. The molecule has 3 rings (SSSR count). The molecular formula is C13H11BrN2O.